The van der Waals surface area contributed by atoms with Crippen molar-refractivity contribution in [3.63, 3.8) is 0 Å². The van der Waals surface area contributed by atoms with E-state index in [1.807, 2.05) is 24.3 Å². The van der Waals surface area contributed by atoms with Gasteiger partial charge in [0.2, 0.25) is 11.8 Å². The van der Waals surface area contributed by atoms with Crippen molar-refractivity contribution in [3.8, 4) is 0 Å². The van der Waals surface area contributed by atoms with Gasteiger partial charge in [0.15, 0.2) is 0 Å². The summed E-state index contributed by atoms with van der Waals surface area (Å²) in [5.74, 6) is -0.212. The molecule has 1 aromatic carbocycles. The molecule has 0 bridgehead atoms. The van der Waals surface area contributed by atoms with Gasteiger partial charge in [-0.15, -0.1) is 0 Å². The average Bonchev–Trinajstić information content (AvgIpc) is 2.97. The highest BCUT2D eigenvalue weighted by atomic mass is 79.9. The molecule has 3 rings (SSSR count). The Balaban J connectivity index is 1.55. The molecule has 0 radical (unpaired) electrons. The van der Waals surface area contributed by atoms with E-state index >= 15 is 0 Å². The van der Waals surface area contributed by atoms with Gasteiger partial charge in [-0.2, -0.15) is 0 Å². The van der Waals surface area contributed by atoms with E-state index in [1.54, 1.807) is 4.90 Å². The predicted molar refractivity (Wildman–Crippen MR) is 102 cm³/mol. The molecule has 0 saturated carbocycles. The molecule has 6 heteroatoms. The third kappa shape index (κ3) is 4.42. The lowest BCUT2D eigenvalue weighted by atomic mass is 10.0. The first kappa shape index (κ1) is 18.4. The number of rotatable bonds is 4. The number of anilines is 1. The Morgan fingerprint density at radius 2 is 2.00 bits per heavy atom. The fourth-order valence-electron chi connectivity index (χ4n) is 3.66. The van der Waals surface area contributed by atoms with Gasteiger partial charge in [-0.3, -0.25) is 9.59 Å². The lowest BCUT2D eigenvalue weighted by Gasteiger charge is -2.35. The average molecular weight is 408 g/mol. The Hall–Kier alpha value is -1.40. The molecule has 2 saturated heterocycles. The molecule has 0 aromatic heterocycles. The highest BCUT2D eigenvalue weighted by Gasteiger charge is 2.36. The van der Waals surface area contributed by atoms with Crippen LogP contribution in [0.15, 0.2) is 28.7 Å². The van der Waals surface area contributed by atoms with Crippen molar-refractivity contribution < 1.29 is 9.59 Å². The van der Waals surface area contributed by atoms with Gasteiger partial charge in [0.05, 0.1) is 5.92 Å². The third-order valence-corrected chi connectivity index (χ3v) is 5.72. The fraction of sp³-hybridized carbons (Fsp3) is 0.579. The number of nitrogens with zero attached hydrogens (tertiary/aromatic N) is 2. The molecule has 2 fully saturated rings. The first-order chi connectivity index (χ1) is 11.9. The van der Waals surface area contributed by atoms with Crippen molar-refractivity contribution >= 4 is 33.4 Å². The van der Waals surface area contributed by atoms with E-state index in [2.05, 4.69) is 40.0 Å². The van der Waals surface area contributed by atoms with Gasteiger partial charge in [0.25, 0.3) is 0 Å². The van der Waals surface area contributed by atoms with Crippen LogP contribution < -0.4 is 10.2 Å². The Labute approximate surface area is 157 Å². The standard InChI is InChI=1S/C19H26BrN3O2/c1-13(2)22-8-6-16(7-9-22)21-19(25)14-10-18(24)23(12-14)17-5-3-4-15(20)11-17/h3-5,11,13-14,16H,6-10,12H2,1-2H3,(H,21,25). The van der Waals surface area contributed by atoms with Gasteiger partial charge in [-0.1, -0.05) is 22.0 Å². The number of likely N-dealkylation sites (tertiary alicyclic amines) is 1. The largest absolute Gasteiger partial charge is 0.353 e. The second-order valence-electron chi connectivity index (χ2n) is 7.30. The van der Waals surface area contributed by atoms with Crippen molar-refractivity contribution in [1.82, 2.24) is 10.2 Å². The molecule has 2 amide bonds. The molecular weight excluding hydrogens is 382 g/mol. The molecular formula is C19H26BrN3O2. The second-order valence-corrected chi connectivity index (χ2v) is 8.21. The number of carbonyl (C=O) groups is 2. The number of hydrogen-bond donors (Lipinski definition) is 1. The van der Waals surface area contributed by atoms with Crippen molar-refractivity contribution in [3.05, 3.63) is 28.7 Å². The number of piperidine rings is 1. The van der Waals surface area contributed by atoms with Crippen molar-refractivity contribution in [2.24, 2.45) is 5.92 Å². The van der Waals surface area contributed by atoms with E-state index in [1.165, 1.54) is 0 Å². The number of nitrogens with one attached hydrogen (secondary N) is 1. The van der Waals surface area contributed by atoms with Crippen LogP contribution in [0.2, 0.25) is 0 Å². The summed E-state index contributed by atoms with van der Waals surface area (Å²) in [6.45, 7) is 6.93. The van der Waals surface area contributed by atoms with Crippen LogP contribution in [-0.4, -0.2) is 48.4 Å². The van der Waals surface area contributed by atoms with Gasteiger partial charge >= 0.3 is 0 Å². The normalized spacial score (nSPS) is 22.6. The molecule has 5 nitrogen and oxygen atoms in total. The zero-order chi connectivity index (χ0) is 18.0. The molecule has 136 valence electrons. The van der Waals surface area contributed by atoms with Gasteiger partial charge in [-0.05, 0) is 44.9 Å². The minimum Gasteiger partial charge on any atom is -0.353 e. The topological polar surface area (TPSA) is 52.7 Å². The summed E-state index contributed by atoms with van der Waals surface area (Å²) in [5, 5.41) is 3.17. The van der Waals surface area contributed by atoms with Crippen molar-refractivity contribution in [1.29, 1.82) is 0 Å². The van der Waals surface area contributed by atoms with Crippen molar-refractivity contribution in [2.45, 2.75) is 45.2 Å². The smallest absolute Gasteiger partial charge is 0.227 e. The highest BCUT2D eigenvalue weighted by Crippen LogP contribution is 2.27. The van der Waals surface area contributed by atoms with Gasteiger partial charge in [0.1, 0.15) is 0 Å². The summed E-state index contributed by atoms with van der Waals surface area (Å²) < 4.78 is 0.933. The van der Waals surface area contributed by atoms with Crippen LogP contribution in [0.1, 0.15) is 33.1 Å². The molecule has 2 heterocycles. The van der Waals surface area contributed by atoms with Crippen LogP contribution in [0.3, 0.4) is 0 Å². The lowest BCUT2D eigenvalue weighted by molar-refractivity contribution is -0.127. The van der Waals surface area contributed by atoms with Crippen LogP contribution in [-0.2, 0) is 9.59 Å². The Morgan fingerprint density at radius 3 is 2.64 bits per heavy atom. The predicted octanol–water partition coefficient (Wildman–Crippen LogP) is 2.79. The minimum atomic E-state index is -0.255. The molecule has 2 aliphatic rings. The maximum atomic E-state index is 12.6. The first-order valence-electron chi connectivity index (χ1n) is 9.04. The molecule has 0 spiro atoms. The summed E-state index contributed by atoms with van der Waals surface area (Å²) >= 11 is 3.43. The zero-order valence-electron chi connectivity index (χ0n) is 14.9. The Kier molecular flexibility index (Phi) is 5.79. The maximum Gasteiger partial charge on any atom is 0.227 e. The Bertz CT molecular complexity index is 641. The highest BCUT2D eigenvalue weighted by molar-refractivity contribution is 9.10. The van der Waals surface area contributed by atoms with Crippen LogP contribution in [0.5, 0.6) is 0 Å². The number of halogens is 1. The number of amides is 2. The number of carbonyl (C=O) groups excluding carboxylic acids is 2. The molecule has 1 unspecified atom stereocenters. The fourth-order valence-corrected chi connectivity index (χ4v) is 4.04. The van der Waals surface area contributed by atoms with Gasteiger partial charge < -0.3 is 15.1 Å². The van der Waals surface area contributed by atoms with E-state index in [0.29, 0.717) is 19.0 Å². The van der Waals surface area contributed by atoms with Crippen molar-refractivity contribution in [2.75, 3.05) is 24.5 Å². The Morgan fingerprint density at radius 1 is 1.28 bits per heavy atom. The first-order valence-corrected chi connectivity index (χ1v) is 9.83. The van der Waals surface area contributed by atoms with E-state index in [4.69, 9.17) is 0 Å². The van der Waals surface area contributed by atoms with Crippen LogP contribution in [0, 0.1) is 5.92 Å². The zero-order valence-corrected chi connectivity index (χ0v) is 16.5. The summed E-state index contributed by atoms with van der Waals surface area (Å²) in [6, 6.07) is 8.45. The minimum absolute atomic E-state index is 0.0212. The molecule has 2 aliphatic heterocycles. The van der Waals surface area contributed by atoms with E-state index in [9.17, 15) is 9.59 Å². The molecule has 0 aliphatic carbocycles. The third-order valence-electron chi connectivity index (χ3n) is 5.22. The number of hydrogen-bond acceptors (Lipinski definition) is 3. The summed E-state index contributed by atoms with van der Waals surface area (Å²) in [6.07, 6.45) is 2.27. The quantitative estimate of drug-likeness (QED) is 0.834. The maximum absolute atomic E-state index is 12.6. The SMILES string of the molecule is CC(C)N1CCC(NC(=O)C2CC(=O)N(c3cccc(Br)c3)C2)CC1. The van der Waals surface area contributed by atoms with Crippen LogP contribution in [0.4, 0.5) is 5.69 Å². The van der Waals surface area contributed by atoms with Crippen LogP contribution >= 0.6 is 15.9 Å². The lowest BCUT2D eigenvalue weighted by Crippen LogP contribution is -2.48. The summed E-state index contributed by atoms with van der Waals surface area (Å²) in [7, 11) is 0. The molecule has 1 atom stereocenters. The monoisotopic (exact) mass is 407 g/mol. The molecule has 25 heavy (non-hydrogen) atoms. The van der Waals surface area contributed by atoms with Gasteiger partial charge in [0, 0.05) is 48.3 Å². The van der Waals surface area contributed by atoms with E-state index in [0.717, 1.165) is 36.1 Å². The molecule has 1 aromatic rings. The van der Waals surface area contributed by atoms with Crippen LogP contribution in [0.25, 0.3) is 0 Å². The molecule has 1 N–H and O–H groups in total. The summed E-state index contributed by atoms with van der Waals surface area (Å²) in [4.78, 5) is 29.1. The van der Waals surface area contributed by atoms with E-state index < -0.39 is 0 Å². The second kappa shape index (κ2) is 7.87. The van der Waals surface area contributed by atoms with Gasteiger partial charge in [-0.25, -0.2) is 0 Å². The van der Waals surface area contributed by atoms with E-state index in [-0.39, 0.29) is 23.8 Å². The number of benzene rings is 1. The summed E-state index contributed by atoms with van der Waals surface area (Å²) in [5.41, 5.74) is 0.847.